The van der Waals surface area contributed by atoms with Gasteiger partial charge in [0.15, 0.2) is 0 Å². The average Bonchev–Trinajstić information content (AvgIpc) is 0.722. The molecule has 1 N–H and O–H groups in total. The molecule has 0 aliphatic heterocycles. The molecular weight excluding hydrogens is 222 g/mol. The largest absolute Gasteiger partial charge is 1.00 e. The van der Waals surface area contributed by atoms with Crippen LogP contribution < -0.4 is 76.1 Å². The summed E-state index contributed by atoms with van der Waals surface area (Å²) in [5.74, 6) is 0. The Labute approximate surface area is 102 Å². The minimum Gasteiger partial charge on any atom is -1.00 e. The third-order valence-electron chi connectivity index (χ3n) is 0. The Bertz CT molecular complexity index is 97.2. The Morgan fingerprint density at radius 3 is 1.25 bits per heavy atom. The van der Waals surface area contributed by atoms with Crippen LogP contribution in [0.3, 0.4) is 0 Å². The quantitative estimate of drug-likeness (QED) is 0.251. The molecule has 40 valence electrons. The van der Waals surface area contributed by atoms with Crippen molar-refractivity contribution in [2.45, 2.75) is 0 Å². The van der Waals surface area contributed by atoms with Crippen molar-refractivity contribution in [2.24, 2.45) is 0 Å². The molecule has 0 unspecified atom stereocenters. The second-order valence-electron chi connectivity index (χ2n) is 0.428. The van der Waals surface area contributed by atoms with E-state index in [9.17, 15) is 0 Å². The van der Waals surface area contributed by atoms with Crippen LogP contribution in [-0.4, -0.2) is 17.5 Å². The van der Waals surface area contributed by atoms with Gasteiger partial charge in [-0.15, -0.1) is 0 Å². The van der Waals surface area contributed by atoms with E-state index in [0.717, 1.165) is 0 Å². The molecule has 4 nitrogen and oxygen atoms in total. The van der Waals surface area contributed by atoms with Crippen molar-refractivity contribution in [1.29, 1.82) is 0 Å². The molecule has 0 bridgehead atoms. The van der Waals surface area contributed by atoms with Crippen LogP contribution in [0.1, 0.15) is 0 Å². The predicted octanol–water partition coefficient (Wildman–Crippen LogP) is -9.98. The molecule has 0 spiro atoms. The second kappa shape index (κ2) is 9.35. The van der Waals surface area contributed by atoms with E-state index < -0.39 is 10.4 Å². The van der Waals surface area contributed by atoms with Crippen LogP contribution in [0.5, 0.6) is 0 Å². The van der Waals surface area contributed by atoms with Gasteiger partial charge in [-0.1, -0.05) is 0 Å². The van der Waals surface area contributed by atoms with Crippen LogP contribution in [0.25, 0.3) is 0 Å². The Kier molecular flexibility index (Phi) is 26.2. The summed E-state index contributed by atoms with van der Waals surface area (Å²) in [7, 11) is -4.92. The normalized spacial score (nSPS) is 7.25. The molecule has 0 heterocycles. The molecule has 0 aromatic heterocycles. The molecule has 0 atom stereocenters. The summed E-state index contributed by atoms with van der Waals surface area (Å²) in [5, 5.41) is 0. The third kappa shape index (κ3) is 81.7. The predicted molar refractivity (Wildman–Crippen MR) is 12.3 cm³/mol. The summed E-state index contributed by atoms with van der Waals surface area (Å²) in [6.07, 6.45) is 0. The Morgan fingerprint density at radius 2 is 1.25 bits per heavy atom. The zero-order valence-corrected chi connectivity index (χ0v) is 10.9. The fraction of sp³-hybridized carbons (Fsp3) is 0. The van der Waals surface area contributed by atoms with E-state index in [0.29, 0.717) is 0 Å². The van der Waals surface area contributed by atoms with Crippen LogP contribution in [-0.2, 0) is 10.4 Å². The van der Waals surface area contributed by atoms with Gasteiger partial charge >= 0.3 is 59.1 Å². The minimum atomic E-state index is -4.92. The zero-order valence-electron chi connectivity index (χ0n) is 4.46. The molecule has 0 aromatic rings. The van der Waals surface area contributed by atoms with Crippen LogP contribution in [0.4, 0.5) is 0 Å². The Hall–Kier alpha value is 2.35. The first-order chi connectivity index (χ1) is 2.00. The maximum Gasteiger partial charge on any atom is 1.00 e. The number of hydrogen-bond acceptors (Lipinski definition) is 3. The van der Waals surface area contributed by atoms with Gasteiger partial charge < -0.3 is 21.5 Å². The maximum atomic E-state index is 8.63. The van der Waals surface area contributed by atoms with Gasteiger partial charge in [0.25, 0.3) is 0 Å². The fourth-order valence-corrected chi connectivity index (χ4v) is 0. The Morgan fingerprint density at radius 1 is 1.25 bits per heavy atom. The first kappa shape index (κ1) is 22.4. The van der Waals surface area contributed by atoms with Crippen molar-refractivity contribution in [3.05, 3.63) is 0 Å². The minimum absolute atomic E-state index is 0. The third-order valence-corrected chi connectivity index (χ3v) is 0. The molecular formula is HBrNa2O4S. The summed E-state index contributed by atoms with van der Waals surface area (Å²) >= 11 is 0. The Balaban J connectivity index is -0.0000000267. The van der Waals surface area contributed by atoms with Gasteiger partial charge in [-0.25, -0.2) is 8.42 Å². The van der Waals surface area contributed by atoms with E-state index in [2.05, 4.69) is 0 Å². The van der Waals surface area contributed by atoms with Gasteiger partial charge in [0, 0.05) is 0 Å². The van der Waals surface area contributed by atoms with Gasteiger partial charge in [0.05, 0.1) is 0 Å². The van der Waals surface area contributed by atoms with E-state index >= 15 is 0 Å². The molecule has 0 rings (SSSR count). The van der Waals surface area contributed by atoms with Crippen LogP contribution in [0.15, 0.2) is 0 Å². The molecule has 8 heteroatoms. The molecule has 0 saturated heterocycles. The van der Waals surface area contributed by atoms with E-state index in [1.807, 2.05) is 0 Å². The van der Waals surface area contributed by atoms with E-state index in [4.69, 9.17) is 17.5 Å². The molecule has 0 aliphatic carbocycles. The van der Waals surface area contributed by atoms with Gasteiger partial charge in [0.2, 0.25) is 10.4 Å². The summed E-state index contributed by atoms with van der Waals surface area (Å²) < 4.78 is 32.8. The summed E-state index contributed by atoms with van der Waals surface area (Å²) in [5.41, 5.74) is 0. The average molecular weight is 223 g/mol. The van der Waals surface area contributed by atoms with Gasteiger partial charge in [-0.3, -0.25) is 4.55 Å². The second-order valence-corrected chi connectivity index (χ2v) is 1.28. The topological polar surface area (TPSA) is 77.4 Å². The number of rotatable bonds is 0. The molecule has 0 aromatic carbocycles. The smallest absolute Gasteiger partial charge is 1.00 e. The summed E-state index contributed by atoms with van der Waals surface area (Å²) in [6.45, 7) is 0. The van der Waals surface area contributed by atoms with Gasteiger partial charge in [-0.05, 0) is 0 Å². The van der Waals surface area contributed by atoms with Gasteiger partial charge in [0.1, 0.15) is 0 Å². The van der Waals surface area contributed by atoms with Crippen molar-refractivity contribution >= 4 is 10.4 Å². The maximum absolute atomic E-state index is 8.63. The number of hydrogen-bond donors (Lipinski definition) is 1. The first-order valence-electron chi connectivity index (χ1n) is 0.683. The van der Waals surface area contributed by atoms with Crippen molar-refractivity contribution in [1.82, 2.24) is 0 Å². The monoisotopic (exact) mass is 222 g/mol. The standard InChI is InChI=1S/BrH.2Na.H2O4S/c;;;1-5(2,3)4/h1H;;;(H2,1,2,3,4)/q;2*+1;/p-2. The van der Waals surface area contributed by atoms with Crippen molar-refractivity contribution < 1.29 is 93.6 Å². The molecule has 0 fully saturated rings. The summed E-state index contributed by atoms with van der Waals surface area (Å²) in [6, 6.07) is 0. The number of halogens is 1. The first-order valence-corrected chi connectivity index (χ1v) is 2.05. The van der Waals surface area contributed by atoms with Crippen molar-refractivity contribution in [2.75, 3.05) is 0 Å². The van der Waals surface area contributed by atoms with E-state index in [-0.39, 0.29) is 76.1 Å². The van der Waals surface area contributed by atoms with E-state index in [1.54, 1.807) is 0 Å². The zero-order chi connectivity index (χ0) is 4.50. The molecule has 0 radical (unpaired) electrons. The van der Waals surface area contributed by atoms with Gasteiger partial charge in [-0.2, -0.15) is 0 Å². The van der Waals surface area contributed by atoms with Crippen molar-refractivity contribution in [3.8, 4) is 0 Å². The molecule has 0 amide bonds. The molecule has 8 heavy (non-hydrogen) atoms. The SMILES string of the molecule is O=S(=O)([O-])O.[Br-].[Na+].[Na+]. The fourth-order valence-electron chi connectivity index (χ4n) is 0. The van der Waals surface area contributed by atoms with Crippen molar-refractivity contribution in [3.63, 3.8) is 0 Å². The molecule has 0 aliphatic rings. The molecule has 0 saturated carbocycles. The van der Waals surface area contributed by atoms with E-state index in [1.165, 1.54) is 0 Å². The summed E-state index contributed by atoms with van der Waals surface area (Å²) in [4.78, 5) is 0. The van der Waals surface area contributed by atoms with Crippen LogP contribution in [0.2, 0.25) is 0 Å². The van der Waals surface area contributed by atoms with Crippen LogP contribution >= 0.6 is 0 Å². The van der Waals surface area contributed by atoms with Crippen LogP contribution in [0, 0.1) is 0 Å².